The molecule has 5 aromatic carbocycles. The SMILES string of the molecule is C=N/C=N\C=C(/C)n1c2ccc(N3c4ccccc4C(c4ccccc4)(c4ccccc4)c4ccccc43)cc2c2ncccc21. The predicted octanol–water partition coefficient (Wildman–Crippen LogP) is 9.90. The first kappa shape index (κ1) is 27.5. The topological polar surface area (TPSA) is 45.8 Å². The zero-order chi connectivity index (χ0) is 31.1. The fourth-order valence-electron chi connectivity index (χ4n) is 7.28. The highest BCUT2D eigenvalue weighted by molar-refractivity contribution is 6.09. The molecule has 0 aliphatic carbocycles. The summed E-state index contributed by atoms with van der Waals surface area (Å²) in [7, 11) is 0. The van der Waals surface area contributed by atoms with Crippen molar-refractivity contribution in [2.45, 2.75) is 12.3 Å². The van der Waals surface area contributed by atoms with Crippen molar-refractivity contribution in [2.24, 2.45) is 9.98 Å². The summed E-state index contributed by atoms with van der Waals surface area (Å²) in [5, 5.41) is 1.07. The molecule has 0 saturated carbocycles. The third-order valence-electron chi connectivity index (χ3n) is 9.04. The first-order valence-electron chi connectivity index (χ1n) is 15.4. The van der Waals surface area contributed by atoms with Crippen molar-refractivity contribution >= 4 is 57.8 Å². The second-order valence-corrected chi connectivity index (χ2v) is 11.5. The van der Waals surface area contributed by atoms with E-state index in [-0.39, 0.29) is 0 Å². The van der Waals surface area contributed by atoms with Gasteiger partial charge in [-0.25, -0.2) is 4.99 Å². The van der Waals surface area contributed by atoms with Gasteiger partial charge in [0.25, 0.3) is 0 Å². The van der Waals surface area contributed by atoms with Crippen LogP contribution in [0.15, 0.2) is 162 Å². The van der Waals surface area contributed by atoms with E-state index in [1.54, 1.807) is 6.20 Å². The van der Waals surface area contributed by atoms with Crippen molar-refractivity contribution < 1.29 is 0 Å². The maximum absolute atomic E-state index is 4.85. The van der Waals surface area contributed by atoms with Crippen LogP contribution in [0.4, 0.5) is 17.1 Å². The van der Waals surface area contributed by atoms with E-state index >= 15 is 0 Å². The number of aromatic nitrogens is 2. The average molecular weight is 594 g/mol. The fourth-order valence-corrected chi connectivity index (χ4v) is 7.28. The normalized spacial score (nSPS) is 14.0. The molecule has 0 fully saturated rings. The summed E-state index contributed by atoms with van der Waals surface area (Å²) in [5.74, 6) is 0. The summed E-state index contributed by atoms with van der Waals surface area (Å²) >= 11 is 0. The van der Waals surface area contributed by atoms with E-state index in [0.717, 1.165) is 44.7 Å². The van der Waals surface area contributed by atoms with Gasteiger partial charge >= 0.3 is 0 Å². The Labute approximate surface area is 268 Å². The van der Waals surface area contributed by atoms with Crippen molar-refractivity contribution in [2.75, 3.05) is 4.90 Å². The number of anilines is 3. The van der Waals surface area contributed by atoms with Gasteiger partial charge in [0.15, 0.2) is 0 Å². The number of hydrogen-bond acceptors (Lipinski definition) is 3. The van der Waals surface area contributed by atoms with Gasteiger partial charge in [0, 0.05) is 29.2 Å². The minimum Gasteiger partial charge on any atom is -0.310 e. The van der Waals surface area contributed by atoms with E-state index in [1.807, 2.05) is 19.2 Å². The van der Waals surface area contributed by atoms with Gasteiger partial charge in [-0.3, -0.25) is 9.98 Å². The van der Waals surface area contributed by atoms with Gasteiger partial charge in [0.1, 0.15) is 6.34 Å². The van der Waals surface area contributed by atoms with Crippen molar-refractivity contribution in [3.05, 3.63) is 174 Å². The predicted molar refractivity (Wildman–Crippen MR) is 192 cm³/mol. The van der Waals surface area contributed by atoms with Gasteiger partial charge in [-0.1, -0.05) is 97.1 Å². The molecule has 7 aromatic rings. The fraction of sp³-hybridized carbons (Fsp3) is 0.0488. The number of para-hydroxylation sites is 2. The van der Waals surface area contributed by atoms with E-state index in [2.05, 4.69) is 160 Å². The first-order chi connectivity index (χ1) is 22.7. The van der Waals surface area contributed by atoms with E-state index in [1.165, 1.54) is 28.6 Å². The number of fused-ring (bicyclic) bond motifs is 5. The maximum Gasteiger partial charge on any atom is 0.114 e. The molecule has 0 amide bonds. The van der Waals surface area contributed by atoms with Crippen molar-refractivity contribution in [1.29, 1.82) is 0 Å². The zero-order valence-electron chi connectivity index (χ0n) is 25.5. The second-order valence-electron chi connectivity index (χ2n) is 11.5. The molecule has 0 unspecified atom stereocenters. The molecule has 0 radical (unpaired) electrons. The molecule has 3 heterocycles. The number of aliphatic imine (C=N–C) groups is 2. The Balaban J connectivity index is 1.41. The van der Waals surface area contributed by atoms with Crippen LogP contribution in [0.1, 0.15) is 29.2 Å². The number of rotatable bonds is 6. The summed E-state index contributed by atoms with van der Waals surface area (Å²) in [6, 6.07) is 50.2. The Kier molecular flexibility index (Phi) is 6.65. The highest BCUT2D eigenvalue weighted by atomic mass is 15.2. The van der Waals surface area contributed by atoms with Crippen LogP contribution in [0.5, 0.6) is 0 Å². The molecule has 0 N–H and O–H groups in total. The lowest BCUT2D eigenvalue weighted by molar-refractivity contribution is 0.731. The van der Waals surface area contributed by atoms with Gasteiger partial charge in [0.05, 0.1) is 33.3 Å². The molecule has 220 valence electrons. The van der Waals surface area contributed by atoms with Crippen LogP contribution in [-0.2, 0) is 5.41 Å². The minimum absolute atomic E-state index is 0.503. The van der Waals surface area contributed by atoms with Crippen LogP contribution in [0, 0.1) is 0 Å². The molecule has 8 rings (SSSR count). The van der Waals surface area contributed by atoms with Crippen LogP contribution in [0.3, 0.4) is 0 Å². The molecular weight excluding hydrogens is 562 g/mol. The quantitative estimate of drug-likeness (QED) is 0.142. The summed E-state index contributed by atoms with van der Waals surface area (Å²) in [5.41, 5.74) is 11.8. The smallest absolute Gasteiger partial charge is 0.114 e. The molecule has 5 heteroatoms. The molecule has 1 aliphatic heterocycles. The Hall–Kier alpha value is -6.07. The van der Waals surface area contributed by atoms with Crippen LogP contribution in [-0.4, -0.2) is 22.6 Å². The number of hydrogen-bond donors (Lipinski definition) is 0. The number of nitrogens with zero attached hydrogens (tertiary/aromatic N) is 5. The standard InChI is InChI=1S/C41H31N5/c1-29(27-43-28-42-2)45-36-24-23-32(26-33(36)40-39(45)22-13-25-44-40)46-37-20-11-9-18-34(37)41(30-14-5-3-6-15-30,31-16-7-4-8-17-31)35-19-10-12-21-38(35)46/h3-28H,2H2,1H3/b29-27+,43-28-. The molecule has 0 bridgehead atoms. The lowest BCUT2D eigenvalue weighted by Gasteiger charge is -2.46. The molecule has 46 heavy (non-hydrogen) atoms. The Morgan fingerprint density at radius 1 is 0.696 bits per heavy atom. The molecule has 0 saturated heterocycles. The number of pyridine rings is 1. The molecule has 0 atom stereocenters. The highest BCUT2D eigenvalue weighted by Gasteiger charge is 2.46. The van der Waals surface area contributed by atoms with E-state index < -0.39 is 5.41 Å². The van der Waals surface area contributed by atoms with E-state index in [0.29, 0.717) is 0 Å². The van der Waals surface area contributed by atoms with Crippen LogP contribution in [0.2, 0.25) is 0 Å². The Morgan fingerprint density at radius 3 is 1.93 bits per heavy atom. The van der Waals surface area contributed by atoms with Gasteiger partial charge < -0.3 is 9.47 Å². The zero-order valence-corrected chi connectivity index (χ0v) is 25.5. The Morgan fingerprint density at radius 2 is 1.30 bits per heavy atom. The first-order valence-corrected chi connectivity index (χ1v) is 15.4. The van der Waals surface area contributed by atoms with E-state index in [9.17, 15) is 0 Å². The largest absolute Gasteiger partial charge is 0.310 e. The highest BCUT2D eigenvalue weighted by Crippen LogP contribution is 2.57. The number of allylic oxidation sites excluding steroid dienone is 1. The minimum atomic E-state index is -0.503. The molecular formula is C41H31N5. The lowest BCUT2D eigenvalue weighted by Crippen LogP contribution is -2.37. The van der Waals surface area contributed by atoms with Crippen molar-refractivity contribution in [3.63, 3.8) is 0 Å². The van der Waals surface area contributed by atoms with Gasteiger partial charge in [0.2, 0.25) is 0 Å². The van der Waals surface area contributed by atoms with Crippen LogP contribution in [0.25, 0.3) is 27.6 Å². The van der Waals surface area contributed by atoms with E-state index in [4.69, 9.17) is 4.98 Å². The summed E-state index contributed by atoms with van der Waals surface area (Å²) in [4.78, 5) is 15.3. The molecule has 0 spiro atoms. The third kappa shape index (κ3) is 4.06. The summed E-state index contributed by atoms with van der Waals surface area (Å²) < 4.78 is 2.20. The molecule has 1 aliphatic rings. The molecule has 5 nitrogen and oxygen atoms in total. The second kappa shape index (κ2) is 11.1. The Bertz CT molecular complexity index is 2210. The lowest BCUT2D eigenvalue weighted by atomic mass is 9.62. The van der Waals surface area contributed by atoms with Gasteiger partial charge in [-0.05, 0) is 78.4 Å². The van der Waals surface area contributed by atoms with Crippen molar-refractivity contribution in [3.8, 4) is 0 Å². The number of benzene rings is 5. The maximum atomic E-state index is 4.85. The van der Waals surface area contributed by atoms with Crippen LogP contribution < -0.4 is 4.90 Å². The van der Waals surface area contributed by atoms with Crippen LogP contribution >= 0.6 is 0 Å². The van der Waals surface area contributed by atoms with Crippen molar-refractivity contribution in [1.82, 2.24) is 9.55 Å². The van der Waals surface area contributed by atoms with Gasteiger partial charge in [-0.2, -0.15) is 0 Å². The average Bonchev–Trinajstić information content (AvgIpc) is 3.45. The molecule has 2 aromatic heterocycles. The summed E-state index contributed by atoms with van der Waals surface area (Å²) in [6.45, 7) is 5.55. The summed E-state index contributed by atoms with van der Waals surface area (Å²) in [6.07, 6.45) is 5.11. The monoisotopic (exact) mass is 593 g/mol. The third-order valence-corrected chi connectivity index (χ3v) is 9.04. The van der Waals surface area contributed by atoms with Gasteiger partial charge in [-0.15, -0.1) is 0 Å².